The molecule has 0 aromatic heterocycles. The smallest absolute Gasteiger partial charge is 0.213 e. The maximum Gasteiger partial charge on any atom is 0.213 e. The summed E-state index contributed by atoms with van der Waals surface area (Å²) in [7, 11) is -3.87. The molecule has 0 fully saturated rings. The second-order valence-electron chi connectivity index (χ2n) is 5.40. The van der Waals surface area contributed by atoms with E-state index in [-0.39, 0.29) is 27.7 Å². The molecule has 2 N–H and O–H groups in total. The standard InChI is InChI=1S/C18H17NO4S/c20-12-6-11-19-16(13-7-2-1-3-8-13)18-17(21)14-9-4-5-10-15(14)24(18,22)23/h1-5,7-10,19-20H,6,11-12H2/b18-16+. The third-order valence-electron chi connectivity index (χ3n) is 3.82. The number of hydrogen-bond acceptors (Lipinski definition) is 5. The zero-order valence-electron chi connectivity index (χ0n) is 12.9. The number of aliphatic hydroxyl groups is 1. The highest BCUT2D eigenvalue weighted by Crippen LogP contribution is 2.37. The molecule has 0 radical (unpaired) electrons. The predicted molar refractivity (Wildman–Crippen MR) is 91.0 cm³/mol. The van der Waals surface area contributed by atoms with Crippen molar-refractivity contribution in [1.29, 1.82) is 0 Å². The van der Waals surface area contributed by atoms with Crippen LogP contribution in [0.3, 0.4) is 0 Å². The average Bonchev–Trinajstić information content (AvgIpc) is 2.80. The number of carbonyl (C=O) groups excluding carboxylic acids is 1. The first kappa shape index (κ1) is 16.4. The van der Waals surface area contributed by atoms with E-state index in [1.165, 1.54) is 12.1 Å². The molecule has 1 aliphatic rings. The van der Waals surface area contributed by atoms with Crippen LogP contribution in [0.4, 0.5) is 0 Å². The number of allylic oxidation sites excluding steroid dienone is 1. The highest BCUT2D eigenvalue weighted by molar-refractivity contribution is 7.97. The van der Waals surface area contributed by atoms with Crippen LogP contribution < -0.4 is 5.32 Å². The fourth-order valence-electron chi connectivity index (χ4n) is 2.70. The van der Waals surface area contributed by atoms with Gasteiger partial charge in [-0.25, -0.2) is 8.42 Å². The Morgan fingerprint density at radius 3 is 2.33 bits per heavy atom. The summed E-state index contributed by atoms with van der Waals surface area (Å²) in [6.07, 6.45) is 0.449. The minimum atomic E-state index is -3.87. The molecular formula is C18H17NO4S. The lowest BCUT2D eigenvalue weighted by molar-refractivity contribution is 0.104. The molecule has 6 heteroatoms. The van der Waals surface area contributed by atoms with Crippen molar-refractivity contribution >= 4 is 21.3 Å². The van der Waals surface area contributed by atoms with Crippen LogP contribution in [-0.2, 0) is 9.84 Å². The van der Waals surface area contributed by atoms with Crippen molar-refractivity contribution in [3.8, 4) is 0 Å². The summed E-state index contributed by atoms with van der Waals surface area (Å²) >= 11 is 0. The molecule has 24 heavy (non-hydrogen) atoms. The molecule has 1 aliphatic heterocycles. The van der Waals surface area contributed by atoms with Gasteiger partial charge in [0.05, 0.1) is 10.6 Å². The van der Waals surface area contributed by atoms with E-state index in [9.17, 15) is 13.2 Å². The molecular weight excluding hydrogens is 326 g/mol. The maximum absolute atomic E-state index is 12.9. The number of hydrogen-bond donors (Lipinski definition) is 2. The first-order valence-electron chi connectivity index (χ1n) is 7.60. The van der Waals surface area contributed by atoms with E-state index < -0.39 is 15.6 Å². The SMILES string of the molecule is O=C1/C(=C(\NCCCO)c2ccccc2)S(=O)(=O)c2ccccc21. The summed E-state index contributed by atoms with van der Waals surface area (Å²) < 4.78 is 25.7. The predicted octanol–water partition coefficient (Wildman–Crippen LogP) is 2.00. The van der Waals surface area contributed by atoms with E-state index >= 15 is 0 Å². The van der Waals surface area contributed by atoms with Crippen LogP contribution in [0.5, 0.6) is 0 Å². The van der Waals surface area contributed by atoms with E-state index in [2.05, 4.69) is 5.32 Å². The Hall–Kier alpha value is -2.44. The molecule has 2 aromatic carbocycles. The topological polar surface area (TPSA) is 83.5 Å². The quantitative estimate of drug-likeness (QED) is 0.641. The Kier molecular flexibility index (Phi) is 4.51. The highest BCUT2D eigenvalue weighted by Gasteiger charge is 2.41. The molecule has 0 spiro atoms. The molecule has 0 bridgehead atoms. The van der Waals surface area contributed by atoms with Gasteiger partial charge in [-0.05, 0) is 24.1 Å². The molecule has 3 rings (SSSR count). The first-order chi connectivity index (χ1) is 11.6. The molecule has 124 valence electrons. The Morgan fingerprint density at radius 2 is 1.67 bits per heavy atom. The molecule has 0 aliphatic carbocycles. The van der Waals surface area contributed by atoms with Gasteiger partial charge < -0.3 is 10.4 Å². The minimum Gasteiger partial charge on any atom is -0.396 e. The van der Waals surface area contributed by atoms with Gasteiger partial charge in [0.25, 0.3) is 0 Å². The van der Waals surface area contributed by atoms with E-state index in [0.717, 1.165) is 0 Å². The van der Waals surface area contributed by atoms with Crippen LogP contribution in [0.15, 0.2) is 64.4 Å². The van der Waals surface area contributed by atoms with Crippen molar-refractivity contribution in [1.82, 2.24) is 5.32 Å². The average molecular weight is 343 g/mol. The third-order valence-corrected chi connectivity index (χ3v) is 5.68. The lowest BCUT2D eigenvalue weighted by Gasteiger charge is -2.13. The van der Waals surface area contributed by atoms with Crippen molar-refractivity contribution in [3.63, 3.8) is 0 Å². The zero-order valence-corrected chi connectivity index (χ0v) is 13.7. The molecule has 0 saturated carbocycles. The summed E-state index contributed by atoms with van der Waals surface area (Å²) in [6.45, 7) is 0.342. The van der Waals surface area contributed by atoms with Gasteiger partial charge in [0, 0.05) is 18.7 Å². The number of carbonyl (C=O) groups is 1. The van der Waals surface area contributed by atoms with Gasteiger partial charge in [-0.2, -0.15) is 0 Å². The number of nitrogens with one attached hydrogen (secondary N) is 1. The number of ketones is 1. The van der Waals surface area contributed by atoms with Crippen LogP contribution in [0.25, 0.3) is 5.70 Å². The van der Waals surface area contributed by atoms with Crippen molar-refractivity contribution in [2.75, 3.05) is 13.2 Å². The van der Waals surface area contributed by atoms with Gasteiger partial charge in [0.2, 0.25) is 15.6 Å². The highest BCUT2D eigenvalue weighted by atomic mass is 32.2. The lowest BCUT2D eigenvalue weighted by Crippen LogP contribution is -2.20. The molecule has 2 aromatic rings. The molecule has 0 unspecified atom stereocenters. The van der Waals surface area contributed by atoms with E-state index in [0.29, 0.717) is 18.5 Å². The normalized spacial score (nSPS) is 17.5. The van der Waals surface area contributed by atoms with Crippen LogP contribution >= 0.6 is 0 Å². The molecule has 0 atom stereocenters. The minimum absolute atomic E-state index is 0.0225. The summed E-state index contributed by atoms with van der Waals surface area (Å²) in [6, 6.07) is 15.1. The van der Waals surface area contributed by atoms with Crippen LogP contribution in [0.1, 0.15) is 22.3 Å². The maximum atomic E-state index is 12.9. The molecule has 1 heterocycles. The van der Waals surface area contributed by atoms with Crippen molar-refractivity contribution in [2.24, 2.45) is 0 Å². The van der Waals surface area contributed by atoms with Crippen LogP contribution in [0.2, 0.25) is 0 Å². The number of aliphatic hydroxyl groups excluding tert-OH is 1. The summed E-state index contributed by atoms with van der Waals surface area (Å²) in [5, 5.41) is 12.0. The Labute approximate surface area is 140 Å². The van der Waals surface area contributed by atoms with E-state index in [4.69, 9.17) is 5.11 Å². The van der Waals surface area contributed by atoms with Gasteiger partial charge in [0.1, 0.15) is 4.91 Å². The Balaban J connectivity index is 2.20. The Bertz CT molecular complexity index is 902. The summed E-state index contributed by atoms with van der Waals surface area (Å²) in [4.78, 5) is 12.5. The second-order valence-corrected chi connectivity index (χ2v) is 7.26. The van der Waals surface area contributed by atoms with Crippen molar-refractivity contribution < 1.29 is 18.3 Å². The van der Waals surface area contributed by atoms with Gasteiger partial charge in [0.15, 0.2) is 0 Å². The Morgan fingerprint density at radius 1 is 1.00 bits per heavy atom. The fourth-order valence-corrected chi connectivity index (χ4v) is 4.44. The monoisotopic (exact) mass is 343 g/mol. The first-order valence-corrected chi connectivity index (χ1v) is 9.09. The zero-order chi connectivity index (χ0) is 17.2. The second kappa shape index (κ2) is 6.59. The number of sulfone groups is 1. The summed E-state index contributed by atoms with van der Waals surface area (Å²) in [5.41, 5.74) is 1.10. The molecule has 0 saturated heterocycles. The molecule has 5 nitrogen and oxygen atoms in total. The van der Waals surface area contributed by atoms with Crippen LogP contribution in [0, 0.1) is 0 Å². The van der Waals surface area contributed by atoms with Crippen molar-refractivity contribution in [3.05, 3.63) is 70.6 Å². The van der Waals surface area contributed by atoms with Gasteiger partial charge in [-0.1, -0.05) is 42.5 Å². The fraction of sp³-hybridized carbons (Fsp3) is 0.167. The number of Topliss-reactive ketones (excluding diaryl/α,β-unsaturated/α-hetero) is 1. The van der Waals surface area contributed by atoms with Crippen molar-refractivity contribution in [2.45, 2.75) is 11.3 Å². The third kappa shape index (κ3) is 2.74. The number of fused-ring (bicyclic) bond motifs is 1. The van der Waals surface area contributed by atoms with Gasteiger partial charge >= 0.3 is 0 Å². The van der Waals surface area contributed by atoms with Crippen LogP contribution in [-0.4, -0.2) is 32.5 Å². The van der Waals surface area contributed by atoms with E-state index in [1.54, 1.807) is 36.4 Å². The lowest BCUT2D eigenvalue weighted by atomic mass is 10.1. The molecule has 0 amide bonds. The number of rotatable bonds is 5. The largest absolute Gasteiger partial charge is 0.396 e. The summed E-state index contributed by atoms with van der Waals surface area (Å²) in [5.74, 6) is -0.499. The number of benzene rings is 2. The van der Waals surface area contributed by atoms with E-state index in [1.807, 2.05) is 6.07 Å². The van der Waals surface area contributed by atoms with Gasteiger partial charge in [-0.15, -0.1) is 0 Å². The van der Waals surface area contributed by atoms with Gasteiger partial charge in [-0.3, -0.25) is 4.79 Å².